The van der Waals surface area contributed by atoms with Crippen LogP contribution in [-0.4, -0.2) is 37.5 Å². The van der Waals surface area contributed by atoms with Crippen LogP contribution in [0.5, 0.6) is 11.5 Å². The fraction of sp³-hybridized carbons (Fsp3) is 0.370. The van der Waals surface area contributed by atoms with Crippen LogP contribution in [0.15, 0.2) is 48.5 Å². The molecule has 0 fully saturated rings. The maximum absolute atomic E-state index is 12.3. The van der Waals surface area contributed by atoms with E-state index in [4.69, 9.17) is 14.2 Å². The monoisotopic (exact) mass is 467 g/mol. The van der Waals surface area contributed by atoms with Gasteiger partial charge in [0.1, 0.15) is 0 Å². The van der Waals surface area contributed by atoms with Crippen molar-refractivity contribution in [2.75, 3.05) is 25.1 Å². The van der Waals surface area contributed by atoms with Gasteiger partial charge in [-0.15, -0.1) is 0 Å². The van der Waals surface area contributed by atoms with Gasteiger partial charge in [-0.2, -0.15) is 0 Å². The summed E-state index contributed by atoms with van der Waals surface area (Å²) in [6.45, 7) is 10.1. The van der Waals surface area contributed by atoms with Crippen molar-refractivity contribution in [1.29, 1.82) is 0 Å². The number of Topliss-reactive ketones (excluding diaryl/α,β-unsaturated/α-hetero) is 1. The van der Waals surface area contributed by atoms with Crippen molar-refractivity contribution in [3.8, 4) is 11.5 Å². The van der Waals surface area contributed by atoms with Crippen LogP contribution in [0, 0.1) is 5.41 Å². The Morgan fingerprint density at radius 2 is 1.65 bits per heavy atom. The van der Waals surface area contributed by atoms with Crippen molar-refractivity contribution in [2.24, 2.45) is 5.41 Å². The second kappa shape index (κ2) is 12.6. The lowest BCUT2D eigenvalue weighted by Gasteiger charge is -2.17. The molecule has 0 bridgehead atoms. The van der Waals surface area contributed by atoms with Crippen molar-refractivity contribution >= 4 is 29.4 Å². The molecule has 0 aliphatic heterocycles. The molecule has 0 atom stereocenters. The average Bonchev–Trinajstić information content (AvgIpc) is 2.80. The third kappa shape index (κ3) is 8.39. The van der Waals surface area contributed by atoms with Gasteiger partial charge >= 0.3 is 5.97 Å². The number of anilines is 1. The number of ketones is 1. The summed E-state index contributed by atoms with van der Waals surface area (Å²) >= 11 is 0. The summed E-state index contributed by atoms with van der Waals surface area (Å²) < 4.78 is 16.4. The molecule has 34 heavy (non-hydrogen) atoms. The number of rotatable bonds is 11. The van der Waals surface area contributed by atoms with E-state index in [1.165, 1.54) is 6.08 Å². The van der Waals surface area contributed by atoms with Crippen LogP contribution in [0.2, 0.25) is 0 Å². The first-order valence-corrected chi connectivity index (χ1v) is 11.3. The Balaban J connectivity index is 1.91. The van der Waals surface area contributed by atoms with Crippen LogP contribution in [0.3, 0.4) is 0 Å². The number of esters is 1. The van der Waals surface area contributed by atoms with Crippen molar-refractivity contribution in [1.82, 2.24) is 0 Å². The maximum atomic E-state index is 12.3. The minimum atomic E-state index is -0.633. The number of benzene rings is 2. The fourth-order valence-corrected chi connectivity index (χ4v) is 2.72. The zero-order valence-corrected chi connectivity index (χ0v) is 20.5. The molecule has 2 rings (SSSR count). The van der Waals surface area contributed by atoms with Crippen LogP contribution >= 0.6 is 0 Å². The van der Waals surface area contributed by atoms with Crippen LogP contribution in [-0.2, 0) is 14.3 Å². The van der Waals surface area contributed by atoms with Crippen molar-refractivity contribution in [2.45, 2.75) is 41.0 Å². The number of carbonyl (C=O) groups excluding carboxylic acids is 3. The second-order valence-electron chi connectivity index (χ2n) is 8.63. The quantitative estimate of drug-likeness (QED) is 0.274. The zero-order valence-electron chi connectivity index (χ0n) is 20.5. The third-order valence-corrected chi connectivity index (χ3v) is 4.63. The molecule has 7 heteroatoms. The number of ether oxygens (including phenoxy) is 3. The highest BCUT2D eigenvalue weighted by Gasteiger charge is 2.21. The predicted molar refractivity (Wildman–Crippen MR) is 132 cm³/mol. The Hall–Kier alpha value is -3.61. The molecule has 0 saturated carbocycles. The van der Waals surface area contributed by atoms with Gasteiger partial charge in [-0.25, -0.2) is 4.79 Å². The Labute approximate surface area is 201 Å². The van der Waals surface area contributed by atoms with Crippen molar-refractivity contribution in [3.63, 3.8) is 0 Å². The number of hydrogen-bond acceptors (Lipinski definition) is 6. The van der Waals surface area contributed by atoms with E-state index in [0.717, 1.165) is 12.0 Å². The second-order valence-corrected chi connectivity index (χ2v) is 8.63. The molecular formula is C27H33NO6. The molecule has 0 aliphatic carbocycles. The normalized spacial score (nSPS) is 11.2. The Morgan fingerprint density at radius 3 is 2.26 bits per heavy atom. The molecule has 0 heterocycles. The molecule has 0 saturated heterocycles. The van der Waals surface area contributed by atoms with Crippen LogP contribution in [0.1, 0.15) is 57.0 Å². The standard InChI is InChI=1S/C27H33NO6/c1-6-16-33-23-14-8-19(17-24(23)32-7-2)9-15-25(30)34-18-22(29)20-10-12-21(13-11-20)28-26(31)27(3,4)5/h8-15,17H,6-7,16,18H2,1-5H3,(H,28,31)/b15-9+. The van der Waals surface area contributed by atoms with E-state index >= 15 is 0 Å². The number of amides is 1. The molecule has 2 aromatic rings. The molecule has 0 radical (unpaired) electrons. The smallest absolute Gasteiger partial charge is 0.331 e. The SMILES string of the molecule is CCCOc1ccc(/C=C/C(=O)OCC(=O)c2ccc(NC(=O)C(C)(C)C)cc2)cc1OCC. The van der Waals surface area contributed by atoms with E-state index in [1.54, 1.807) is 42.5 Å². The average molecular weight is 468 g/mol. The molecule has 0 aromatic heterocycles. The molecule has 1 amide bonds. The maximum Gasteiger partial charge on any atom is 0.331 e. The van der Waals surface area contributed by atoms with Gasteiger partial charge < -0.3 is 19.5 Å². The van der Waals surface area contributed by atoms with Gasteiger partial charge in [0.2, 0.25) is 5.91 Å². The van der Waals surface area contributed by atoms with E-state index in [-0.39, 0.29) is 18.3 Å². The number of carbonyl (C=O) groups is 3. The van der Waals surface area contributed by atoms with Crippen LogP contribution < -0.4 is 14.8 Å². The third-order valence-electron chi connectivity index (χ3n) is 4.63. The summed E-state index contributed by atoms with van der Waals surface area (Å²) in [6.07, 6.45) is 3.73. The highest BCUT2D eigenvalue weighted by molar-refractivity contribution is 6.00. The largest absolute Gasteiger partial charge is 0.490 e. The van der Waals surface area contributed by atoms with E-state index in [9.17, 15) is 14.4 Å². The lowest BCUT2D eigenvalue weighted by Crippen LogP contribution is -2.27. The van der Waals surface area contributed by atoms with Gasteiger partial charge in [0.25, 0.3) is 0 Å². The highest BCUT2D eigenvalue weighted by atomic mass is 16.5. The van der Waals surface area contributed by atoms with Gasteiger partial charge in [-0.3, -0.25) is 9.59 Å². The Morgan fingerprint density at radius 1 is 0.941 bits per heavy atom. The lowest BCUT2D eigenvalue weighted by molar-refractivity contribution is -0.136. The van der Waals surface area contributed by atoms with E-state index in [2.05, 4.69) is 5.32 Å². The van der Waals surface area contributed by atoms with E-state index in [0.29, 0.717) is 36.0 Å². The number of hydrogen-bond donors (Lipinski definition) is 1. The van der Waals surface area contributed by atoms with Gasteiger partial charge in [0, 0.05) is 22.7 Å². The summed E-state index contributed by atoms with van der Waals surface area (Å²) in [5.74, 6) is 0.156. The summed E-state index contributed by atoms with van der Waals surface area (Å²) in [7, 11) is 0. The topological polar surface area (TPSA) is 90.9 Å². The molecule has 0 spiro atoms. The molecule has 1 N–H and O–H groups in total. The summed E-state index contributed by atoms with van der Waals surface area (Å²) in [5.41, 5.74) is 1.19. The Kier molecular flexibility index (Phi) is 9.86. The lowest BCUT2D eigenvalue weighted by atomic mass is 9.95. The van der Waals surface area contributed by atoms with Crippen molar-refractivity contribution < 1.29 is 28.6 Å². The van der Waals surface area contributed by atoms with E-state index < -0.39 is 11.4 Å². The molecular weight excluding hydrogens is 434 g/mol. The van der Waals surface area contributed by atoms with Crippen LogP contribution in [0.4, 0.5) is 5.69 Å². The molecule has 0 aliphatic rings. The molecule has 0 unspecified atom stereocenters. The summed E-state index contributed by atoms with van der Waals surface area (Å²) in [5, 5.41) is 2.79. The molecule has 7 nitrogen and oxygen atoms in total. The van der Waals surface area contributed by atoms with Gasteiger partial charge in [0.15, 0.2) is 23.9 Å². The highest BCUT2D eigenvalue weighted by Crippen LogP contribution is 2.29. The fourth-order valence-electron chi connectivity index (χ4n) is 2.72. The van der Waals surface area contributed by atoms with Gasteiger partial charge in [0.05, 0.1) is 13.2 Å². The first-order valence-electron chi connectivity index (χ1n) is 11.3. The first kappa shape index (κ1) is 26.6. The summed E-state index contributed by atoms with van der Waals surface area (Å²) in [4.78, 5) is 36.5. The molecule has 182 valence electrons. The van der Waals surface area contributed by atoms with Crippen molar-refractivity contribution in [3.05, 3.63) is 59.7 Å². The first-order chi connectivity index (χ1) is 16.1. The minimum Gasteiger partial charge on any atom is -0.490 e. The summed E-state index contributed by atoms with van der Waals surface area (Å²) in [6, 6.07) is 11.8. The predicted octanol–water partition coefficient (Wildman–Crippen LogP) is 5.30. The molecule has 2 aromatic carbocycles. The number of nitrogens with one attached hydrogen (secondary N) is 1. The zero-order chi connectivity index (χ0) is 25.1. The Bertz CT molecular complexity index is 1020. The van der Waals surface area contributed by atoms with Gasteiger partial charge in [-0.1, -0.05) is 33.8 Å². The van der Waals surface area contributed by atoms with Crippen LogP contribution in [0.25, 0.3) is 6.08 Å². The minimum absolute atomic E-state index is 0.121. The van der Waals surface area contributed by atoms with Gasteiger partial charge in [-0.05, 0) is 61.4 Å². The van der Waals surface area contributed by atoms with E-state index in [1.807, 2.05) is 40.7 Å².